The Morgan fingerprint density at radius 3 is 2.28 bits per heavy atom. The first-order chi connectivity index (χ1) is 11.2. The zero-order chi connectivity index (χ0) is 19.2. The predicted molar refractivity (Wildman–Crippen MR) is 95.2 cm³/mol. The van der Waals surface area contributed by atoms with Crippen LogP contribution in [-0.2, 0) is 18.9 Å². The van der Waals surface area contributed by atoms with Crippen LogP contribution in [0.25, 0.3) is 0 Å². The summed E-state index contributed by atoms with van der Waals surface area (Å²) in [6.07, 6.45) is 0.445. The lowest BCUT2D eigenvalue weighted by Gasteiger charge is -2.40. The van der Waals surface area contributed by atoms with Gasteiger partial charge in [0.1, 0.15) is 11.3 Å². The first-order valence-corrected chi connectivity index (χ1v) is 9.24. The van der Waals surface area contributed by atoms with E-state index in [1.54, 1.807) is 4.90 Å². The minimum Gasteiger partial charge on any atom is -0.444 e. The van der Waals surface area contributed by atoms with E-state index in [-0.39, 0.29) is 30.3 Å². The van der Waals surface area contributed by atoms with Gasteiger partial charge >= 0.3 is 6.09 Å². The van der Waals surface area contributed by atoms with Crippen molar-refractivity contribution >= 4 is 6.09 Å². The average Bonchev–Trinajstić information content (AvgIpc) is 2.59. The lowest BCUT2D eigenvalue weighted by atomic mass is 9.93. The highest BCUT2D eigenvalue weighted by atomic mass is 16.7. The molecule has 2 rings (SSSR count). The van der Waals surface area contributed by atoms with Crippen LogP contribution in [0.1, 0.15) is 68.7 Å². The summed E-state index contributed by atoms with van der Waals surface area (Å²) in [5.41, 5.74) is -1.23. The molecule has 0 aliphatic carbocycles. The summed E-state index contributed by atoms with van der Waals surface area (Å²) in [6.45, 7) is 18.0. The molecule has 0 aromatic heterocycles. The van der Waals surface area contributed by atoms with Crippen LogP contribution in [0.2, 0.25) is 0 Å². The number of ether oxygens (including phenoxy) is 4. The second-order valence-electron chi connectivity index (χ2n) is 9.22. The fourth-order valence-corrected chi connectivity index (χ4v) is 3.70. The Hall–Kier alpha value is -0.850. The highest BCUT2D eigenvalue weighted by Crippen LogP contribution is 2.38. The molecule has 0 aromatic rings. The summed E-state index contributed by atoms with van der Waals surface area (Å²) >= 11 is 0. The van der Waals surface area contributed by atoms with E-state index in [0.29, 0.717) is 6.61 Å². The van der Waals surface area contributed by atoms with Gasteiger partial charge in [-0.1, -0.05) is 0 Å². The number of nitrogens with zero attached hydrogens (tertiary/aromatic N) is 1. The topological polar surface area (TPSA) is 57.2 Å². The van der Waals surface area contributed by atoms with Gasteiger partial charge in [0.15, 0.2) is 5.79 Å². The largest absolute Gasteiger partial charge is 0.444 e. The molecule has 2 aliphatic heterocycles. The molecule has 1 amide bonds. The van der Waals surface area contributed by atoms with Crippen LogP contribution in [0.5, 0.6) is 0 Å². The maximum atomic E-state index is 12.6. The van der Waals surface area contributed by atoms with Gasteiger partial charge in [0.25, 0.3) is 0 Å². The normalized spacial score (nSPS) is 34.8. The third kappa shape index (κ3) is 4.86. The maximum absolute atomic E-state index is 12.6. The molecule has 0 saturated carbocycles. The molecule has 146 valence electrons. The Labute approximate surface area is 152 Å². The number of hydrogen-bond donors (Lipinski definition) is 0. The van der Waals surface area contributed by atoms with Crippen LogP contribution in [0, 0.1) is 5.92 Å². The summed E-state index contributed by atoms with van der Waals surface area (Å²) in [7, 11) is 0. The zero-order valence-electron chi connectivity index (χ0n) is 17.2. The van der Waals surface area contributed by atoms with Crippen molar-refractivity contribution in [2.45, 2.75) is 104 Å². The molecular formula is C19H35NO5. The number of rotatable bonds is 2. The van der Waals surface area contributed by atoms with Crippen molar-refractivity contribution in [1.82, 2.24) is 4.90 Å². The van der Waals surface area contributed by atoms with E-state index in [9.17, 15) is 4.79 Å². The summed E-state index contributed by atoms with van der Waals surface area (Å²) in [6, 6.07) is -0.0769. The van der Waals surface area contributed by atoms with E-state index in [2.05, 4.69) is 6.92 Å². The summed E-state index contributed by atoms with van der Waals surface area (Å²) in [5, 5.41) is 0. The molecular weight excluding hydrogens is 322 g/mol. The van der Waals surface area contributed by atoms with Crippen molar-refractivity contribution in [3.63, 3.8) is 0 Å². The number of carbonyl (C=O) groups is 1. The average molecular weight is 357 g/mol. The molecule has 4 atom stereocenters. The van der Waals surface area contributed by atoms with Crippen molar-refractivity contribution in [1.29, 1.82) is 0 Å². The Morgan fingerprint density at radius 2 is 1.76 bits per heavy atom. The Bertz CT molecular complexity index is 497. The molecule has 6 heteroatoms. The van der Waals surface area contributed by atoms with E-state index in [4.69, 9.17) is 18.9 Å². The standard InChI is InChI=1S/C19H35NO5/c1-12-15(10-14-11-22-19(8,9)23-13(14)2)24-18(6,7)20(12)16(21)25-17(3,4)5/h12-15H,10-11H2,1-9H3/t12-,13-,14+,15+/m0/s1. The van der Waals surface area contributed by atoms with E-state index in [1.165, 1.54) is 0 Å². The van der Waals surface area contributed by atoms with Crippen molar-refractivity contribution in [2.24, 2.45) is 5.92 Å². The van der Waals surface area contributed by atoms with Gasteiger partial charge in [-0.25, -0.2) is 4.79 Å². The van der Waals surface area contributed by atoms with Crippen molar-refractivity contribution < 1.29 is 23.7 Å². The molecule has 2 heterocycles. The van der Waals surface area contributed by atoms with E-state index in [0.717, 1.165) is 6.42 Å². The third-order valence-electron chi connectivity index (χ3n) is 4.87. The van der Waals surface area contributed by atoms with Gasteiger partial charge in [-0.3, -0.25) is 4.90 Å². The monoisotopic (exact) mass is 357 g/mol. The van der Waals surface area contributed by atoms with Crippen molar-refractivity contribution in [2.75, 3.05) is 6.61 Å². The fraction of sp³-hybridized carbons (Fsp3) is 0.947. The van der Waals surface area contributed by atoms with Crippen LogP contribution in [0.15, 0.2) is 0 Å². The molecule has 2 aliphatic rings. The lowest BCUT2D eigenvalue weighted by Crippen LogP contribution is -2.49. The first kappa shape index (κ1) is 20.5. The maximum Gasteiger partial charge on any atom is 0.412 e. The van der Waals surface area contributed by atoms with Crippen LogP contribution < -0.4 is 0 Å². The molecule has 2 saturated heterocycles. The Kier molecular flexibility index (Phi) is 5.49. The van der Waals surface area contributed by atoms with Gasteiger partial charge in [0.2, 0.25) is 0 Å². The van der Waals surface area contributed by atoms with E-state index >= 15 is 0 Å². The SMILES string of the molecule is C[C@@H]1OC(C)(C)OC[C@H]1C[C@H]1OC(C)(C)N(C(=O)OC(C)(C)C)[C@H]1C. The quantitative estimate of drug-likeness (QED) is 0.749. The molecule has 0 aromatic carbocycles. The van der Waals surface area contributed by atoms with Crippen molar-refractivity contribution in [3.05, 3.63) is 0 Å². The molecule has 0 bridgehead atoms. The molecule has 0 N–H and O–H groups in total. The zero-order valence-corrected chi connectivity index (χ0v) is 17.2. The number of hydrogen-bond acceptors (Lipinski definition) is 5. The molecule has 0 spiro atoms. The lowest BCUT2D eigenvalue weighted by molar-refractivity contribution is -0.291. The van der Waals surface area contributed by atoms with Gasteiger partial charge in [-0.2, -0.15) is 0 Å². The molecule has 0 unspecified atom stereocenters. The number of carbonyl (C=O) groups excluding carboxylic acids is 1. The van der Waals surface area contributed by atoms with Crippen LogP contribution in [0.4, 0.5) is 4.79 Å². The second kappa shape index (κ2) is 6.71. The van der Waals surface area contributed by atoms with Gasteiger partial charge in [-0.15, -0.1) is 0 Å². The highest BCUT2D eigenvalue weighted by Gasteiger charge is 2.50. The predicted octanol–water partition coefficient (Wildman–Crippen LogP) is 3.92. The van der Waals surface area contributed by atoms with Crippen molar-refractivity contribution in [3.8, 4) is 0 Å². The van der Waals surface area contributed by atoms with Crippen LogP contribution in [-0.4, -0.2) is 53.0 Å². The first-order valence-electron chi connectivity index (χ1n) is 9.24. The van der Waals surface area contributed by atoms with Crippen LogP contribution >= 0.6 is 0 Å². The Balaban J connectivity index is 2.05. The minimum absolute atomic E-state index is 0.0769. The second-order valence-corrected chi connectivity index (χ2v) is 9.22. The molecule has 6 nitrogen and oxygen atoms in total. The smallest absolute Gasteiger partial charge is 0.412 e. The van der Waals surface area contributed by atoms with E-state index < -0.39 is 17.1 Å². The molecule has 25 heavy (non-hydrogen) atoms. The van der Waals surface area contributed by atoms with Gasteiger partial charge in [-0.05, 0) is 68.7 Å². The summed E-state index contributed by atoms with van der Waals surface area (Å²) in [5.74, 6) is -0.310. The molecule has 0 radical (unpaired) electrons. The highest BCUT2D eigenvalue weighted by molar-refractivity contribution is 5.69. The minimum atomic E-state index is -0.703. The van der Waals surface area contributed by atoms with Gasteiger partial charge in [0.05, 0.1) is 24.9 Å². The summed E-state index contributed by atoms with van der Waals surface area (Å²) in [4.78, 5) is 14.4. The Morgan fingerprint density at radius 1 is 1.16 bits per heavy atom. The fourth-order valence-electron chi connectivity index (χ4n) is 3.70. The van der Waals surface area contributed by atoms with Gasteiger partial charge < -0.3 is 18.9 Å². The van der Waals surface area contributed by atoms with Crippen LogP contribution in [0.3, 0.4) is 0 Å². The molecule has 2 fully saturated rings. The number of amides is 1. The van der Waals surface area contributed by atoms with Gasteiger partial charge in [0, 0.05) is 5.92 Å². The summed E-state index contributed by atoms with van der Waals surface area (Å²) < 4.78 is 23.5. The van der Waals surface area contributed by atoms with E-state index in [1.807, 2.05) is 55.4 Å². The third-order valence-corrected chi connectivity index (χ3v) is 4.87.